The van der Waals surface area contributed by atoms with E-state index in [1.807, 2.05) is 39.8 Å². The normalized spacial score (nSPS) is 32.0. The Balaban J connectivity index is 0.000000169. The van der Waals surface area contributed by atoms with Gasteiger partial charge in [0.15, 0.2) is 6.61 Å². The van der Waals surface area contributed by atoms with Crippen LogP contribution in [-0.4, -0.2) is 76.4 Å². The summed E-state index contributed by atoms with van der Waals surface area (Å²) in [4.78, 5) is 81.1. The van der Waals surface area contributed by atoms with Crippen molar-refractivity contribution in [2.45, 2.75) is 310 Å². The third-order valence-electron chi connectivity index (χ3n) is 25.4. The second kappa shape index (κ2) is 34.5. The number of carbonyl (C=O) groups excluding carboxylic acids is 7. The Hall–Kier alpha value is -6.05. The van der Waals surface area contributed by atoms with Crippen LogP contribution in [0.3, 0.4) is 0 Å². The molecule has 12 aliphatic rings. The lowest BCUT2D eigenvalue weighted by Crippen LogP contribution is -2.58. The lowest BCUT2D eigenvalue weighted by molar-refractivity contribution is -0.199. The largest absolute Gasteiger partial charge is 0.457 e. The molecule has 0 radical (unpaired) electrons. The minimum atomic E-state index is -0.559. The van der Waals surface area contributed by atoms with Crippen LogP contribution in [0, 0.1) is 71.0 Å². The van der Waals surface area contributed by atoms with Gasteiger partial charge in [-0.05, 0) is 313 Å². The number of esters is 7. The maximum Gasteiger partial charge on any atom is 0.344 e. The molecule has 8 atom stereocenters. The molecule has 0 heterocycles. The van der Waals surface area contributed by atoms with Gasteiger partial charge in [-0.25, -0.2) is 33.6 Å². The number of hydrogen-bond acceptors (Lipinski definition) is 14. The monoisotopic (exact) mass is 1380 g/mol. The van der Waals surface area contributed by atoms with Gasteiger partial charge < -0.3 is 33.2 Å². The Kier molecular flexibility index (Phi) is 28.0. The van der Waals surface area contributed by atoms with Crippen molar-refractivity contribution in [2.75, 3.05) is 6.61 Å². The highest BCUT2D eigenvalue weighted by Gasteiger charge is 2.68. The summed E-state index contributed by atoms with van der Waals surface area (Å²) >= 11 is 0. The van der Waals surface area contributed by atoms with Crippen LogP contribution >= 0.6 is 0 Å². The predicted molar refractivity (Wildman–Crippen MR) is 394 cm³/mol. The van der Waals surface area contributed by atoms with E-state index < -0.39 is 17.5 Å². The van der Waals surface area contributed by atoms with Gasteiger partial charge in [-0.1, -0.05) is 104 Å². The van der Waals surface area contributed by atoms with E-state index in [1.54, 1.807) is 34.6 Å². The molecule has 12 aliphatic carbocycles. The quantitative estimate of drug-likeness (QED) is 0.0621. The molecule has 8 unspecified atom stereocenters. The van der Waals surface area contributed by atoms with Crippen LogP contribution in [0.15, 0.2) is 97.2 Å². The maximum absolute atomic E-state index is 12.1. The lowest BCUT2D eigenvalue weighted by Gasteiger charge is -2.59. The second-order valence-electron chi connectivity index (χ2n) is 33.9. The molecule has 11 fully saturated rings. The molecule has 1 aromatic rings. The minimum absolute atomic E-state index is 0.160. The minimum Gasteiger partial charge on any atom is -0.457 e. The number of aryl methyl sites for hydroxylation is 1. The molecule has 0 aliphatic heterocycles. The molecule has 13 rings (SSSR count). The smallest absolute Gasteiger partial charge is 0.344 e. The SMILES string of the molecule is C=C(C)C(=O)OC(C)(C)C1CCC(C)CC1.C=C(C)C(=O)OC1(C)C2CC3CC(C2)CC1C3.C=C(C)C(=O)OC1(C)CCCc2ccccc21.C=C(C)C(=O)OC1(CC)CC2CC1C1C3CCC(C3)C21.C=C(C)C(=O)OC1(CC)CCCC1.C=C(C)C(=O)OCC(=O)OC1(C)CCCCC1. The van der Waals surface area contributed by atoms with Crippen molar-refractivity contribution >= 4 is 41.8 Å². The summed E-state index contributed by atoms with van der Waals surface area (Å²) in [6.45, 7) is 48.2. The molecule has 14 heteroatoms. The molecular formula is C86H128O14. The molecule has 0 saturated heterocycles. The summed E-state index contributed by atoms with van der Waals surface area (Å²) < 4.78 is 38.6. The predicted octanol–water partition coefficient (Wildman–Crippen LogP) is 19.5. The molecule has 8 bridgehead atoms. The molecule has 0 spiro atoms. The first-order valence-electron chi connectivity index (χ1n) is 38.5. The van der Waals surface area contributed by atoms with Gasteiger partial charge in [0.1, 0.15) is 33.6 Å². The highest BCUT2D eigenvalue weighted by molar-refractivity contribution is 5.90. The number of benzene rings is 1. The molecule has 100 heavy (non-hydrogen) atoms. The average Bonchev–Trinajstić information content (AvgIpc) is 1.53. The van der Waals surface area contributed by atoms with Crippen molar-refractivity contribution in [2.24, 2.45) is 71.0 Å². The van der Waals surface area contributed by atoms with Gasteiger partial charge in [0.2, 0.25) is 0 Å². The number of ether oxygens (including phenoxy) is 7. The van der Waals surface area contributed by atoms with Crippen molar-refractivity contribution in [3.8, 4) is 0 Å². The standard InChI is InChI=1S/C18H26O2.C15H22O2.C15H18O2.C14H24O2.C13H20O4.C11H18O2/c1-4-18(20-17(19)10(2)3)9-13-8-14(18)16-12-6-5-11(7-12)15(13)16;1-9(2)14(16)17-15(3)12-5-10-4-11(7-12)8-13(15)6-10;1-11(2)14(16)17-15(3)10-6-8-12-7-4-5-9-13(12)15;1-10(2)13(15)16-14(4,5)12-8-6-11(3)7-9-12;1-10(2)12(15)16-9-11(14)17-13(3)7-5-4-6-8-13;1-4-11(7-5-6-8-11)13-10(12)9(2)3/h11-16H,2,4-9H2,1,3H3;10-13H,1,4-8H2,2-3H3;4-5,7,9H,1,6,8,10H2,2-3H3;11-12H,1,6-9H2,2-5H3;1,4-9H2,2-3H3;2,4-8H2,1,3H3. The van der Waals surface area contributed by atoms with Gasteiger partial charge >= 0.3 is 41.8 Å². The molecule has 0 amide bonds. The zero-order valence-electron chi connectivity index (χ0n) is 64.2. The Morgan fingerprint density at radius 3 is 1.53 bits per heavy atom. The zero-order chi connectivity index (χ0) is 73.9. The van der Waals surface area contributed by atoms with E-state index in [-0.39, 0.29) is 70.0 Å². The number of rotatable bonds is 17. The van der Waals surface area contributed by atoms with Crippen LogP contribution in [0.4, 0.5) is 0 Å². The summed E-state index contributed by atoms with van der Waals surface area (Å²) in [6, 6.07) is 8.20. The van der Waals surface area contributed by atoms with Crippen molar-refractivity contribution in [1.82, 2.24) is 0 Å². The van der Waals surface area contributed by atoms with E-state index in [0.717, 1.165) is 143 Å². The van der Waals surface area contributed by atoms with E-state index in [1.165, 1.54) is 102 Å². The third kappa shape index (κ3) is 20.2. The van der Waals surface area contributed by atoms with E-state index in [0.29, 0.717) is 51.5 Å². The van der Waals surface area contributed by atoms with Gasteiger partial charge in [0.25, 0.3) is 0 Å². The first-order valence-corrected chi connectivity index (χ1v) is 38.5. The van der Waals surface area contributed by atoms with Gasteiger partial charge in [-0.15, -0.1) is 0 Å². The van der Waals surface area contributed by atoms with Crippen LogP contribution in [0.1, 0.15) is 281 Å². The van der Waals surface area contributed by atoms with E-state index in [2.05, 4.69) is 79.3 Å². The highest BCUT2D eigenvalue weighted by Crippen LogP contribution is 2.71. The average molecular weight is 1390 g/mol. The summed E-state index contributed by atoms with van der Waals surface area (Å²) in [5.74, 6) is 7.40. The van der Waals surface area contributed by atoms with Crippen molar-refractivity contribution in [1.29, 1.82) is 0 Å². The van der Waals surface area contributed by atoms with Crippen LogP contribution in [-0.2, 0) is 78.7 Å². The molecule has 11 saturated carbocycles. The van der Waals surface area contributed by atoms with Gasteiger partial charge in [-0.3, -0.25) is 0 Å². The van der Waals surface area contributed by atoms with Gasteiger partial charge in [0, 0.05) is 39.4 Å². The number of hydrogen-bond donors (Lipinski definition) is 0. The van der Waals surface area contributed by atoms with Crippen molar-refractivity contribution in [3.05, 3.63) is 108 Å². The fourth-order valence-corrected chi connectivity index (χ4v) is 19.7. The fourth-order valence-electron chi connectivity index (χ4n) is 19.7. The zero-order valence-corrected chi connectivity index (χ0v) is 64.2. The lowest BCUT2D eigenvalue weighted by atomic mass is 9.50. The maximum atomic E-state index is 12.1. The number of carbonyl (C=O) groups is 7. The van der Waals surface area contributed by atoms with Gasteiger partial charge in [0.05, 0.1) is 0 Å². The summed E-state index contributed by atoms with van der Waals surface area (Å²) in [5.41, 5.74) is 3.45. The third-order valence-corrected chi connectivity index (χ3v) is 25.4. The first kappa shape index (κ1) is 81.3. The first-order chi connectivity index (χ1) is 46.9. The van der Waals surface area contributed by atoms with Crippen LogP contribution in [0.5, 0.6) is 0 Å². The molecule has 0 N–H and O–H groups in total. The van der Waals surface area contributed by atoms with Crippen molar-refractivity contribution < 1.29 is 66.7 Å². The summed E-state index contributed by atoms with van der Waals surface area (Å²) in [7, 11) is 0. The molecule has 14 nitrogen and oxygen atoms in total. The topological polar surface area (TPSA) is 184 Å². The molecular weight excluding hydrogens is 1260 g/mol. The van der Waals surface area contributed by atoms with E-state index in [9.17, 15) is 33.6 Å². The van der Waals surface area contributed by atoms with Crippen molar-refractivity contribution in [3.63, 3.8) is 0 Å². The summed E-state index contributed by atoms with van der Waals surface area (Å²) in [5, 5.41) is 0. The van der Waals surface area contributed by atoms with Crippen LogP contribution < -0.4 is 0 Å². The Morgan fingerprint density at radius 1 is 0.500 bits per heavy atom. The Morgan fingerprint density at radius 2 is 1.00 bits per heavy atom. The molecule has 0 aromatic heterocycles. The highest BCUT2D eigenvalue weighted by atomic mass is 16.6. The van der Waals surface area contributed by atoms with Gasteiger partial charge in [-0.2, -0.15) is 0 Å². The second-order valence-corrected chi connectivity index (χ2v) is 33.9. The van der Waals surface area contributed by atoms with Crippen LogP contribution in [0.25, 0.3) is 0 Å². The van der Waals surface area contributed by atoms with E-state index >= 15 is 0 Å². The molecule has 556 valence electrons. The van der Waals surface area contributed by atoms with Crippen LogP contribution in [0.2, 0.25) is 0 Å². The Bertz CT molecular complexity index is 3130. The number of fused-ring (bicyclic) bond motifs is 10. The fraction of sp³-hybridized carbons (Fsp3) is 0.709. The molecule has 1 aromatic carbocycles. The van der Waals surface area contributed by atoms with E-state index in [4.69, 9.17) is 33.2 Å². The Labute approximate surface area is 601 Å². The summed E-state index contributed by atoms with van der Waals surface area (Å²) in [6.07, 6.45) is 32.6.